The van der Waals surface area contributed by atoms with E-state index >= 15 is 0 Å². The van der Waals surface area contributed by atoms with Gasteiger partial charge in [-0.3, -0.25) is 0 Å². The minimum absolute atomic E-state index is 0.0419. The molecule has 0 saturated heterocycles. The Morgan fingerprint density at radius 3 is 1.43 bits per heavy atom. The van der Waals surface area contributed by atoms with Crippen LogP contribution in [0.3, 0.4) is 0 Å². The van der Waals surface area contributed by atoms with Gasteiger partial charge in [0.2, 0.25) is 0 Å². The predicted octanol–water partition coefficient (Wildman–Crippen LogP) is 0.167. The van der Waals surface area contributed by atoms with E-state index in [-0.39, 0.29) is 24.7 Å². The summed E-state index contributed by atoms with van der Waals surface area (Å²) in [7, 11) is 0. The maximum absolute atomic E-state index is 9.47. The lowest BCUT2D eigenvalue weighted by Gasteiger charge is -2.08. The Labute approximate surface area is 82.1 Å². The van der Waals surface area contributed by atoms with E-state index in [4.69, 9.17) is 10.2 Å². The van der Waals surface area contributed by atoms with E-state index in [1.807, 2.05) is 0 Å². The van der Waals surface area contributed by atoms with Crippen molar-refractivity contribution in [2.24, 2.45) is 0 Å². The summed E-state index contributed by atoms with van der Waals surface area (Å²) in [5, 5.41) is 36.3. The SMILES string of the molecule is OCCc1cc(O)c(CCO)cc1O. The van der Waals surface area contributed by atoms with Crippen LogP contribution in [0, 0.1) is 0 Å². The molecule has 1 aromatic rings. The fraction of sp³-hybridized carbons (Fsp3) is 0.400. The van der Waals surface area contributed by atoms with Crippen LogP contribution in [-0.2, 0) is 12.8 Å². The van der Waals surface area contributed by atoms with Gasteiger partial charge >= 0.3 is 0 Å². The van der Waals surface area contributed by atoms with Gasteiger partial charge in [-0.1, -0.05) is 0 Å². The van der Waals surface area contributed by atoms with E-state index in [2.05, 4.69) is 0 Å². The van der Waals surface area contributed by atoms with Gasteiger partial charge in [0.15, 0.2) is 0 Å². The van der Waals surface area contributed by atoms with Crippen LogP contribution in [0.1, 0.15) is 11.1 Å². The lowest BCUT2D eigenvalue weighted by Crippen LogP contribution is -1.95. The number of benzene rings is 1. The predicted molar refractivity (Wildman–Crippen MR) is 51.4 cm³/mol. The molecule has 1 aromatic carbocycles. The number of aliphatic hydroxyl groups excluding tert-OH is 2. The molecule has 14 heavy (non-hydrogen) atoms. The summed E-state index contributed by atoms with van der Waals surface area (Å²) in [5.41, 5.74) is 1.01. The second-order valence-corrected chi connectivity index (χ2v) is 3.06. The number of hydrogen-bond donors (Lipinski definition) is 4. The third-order valence-corrected chi connectivity index (χ3v) is 2.04. The standard InChI is InChI=1S/C10H14O4/c11-3-1-7-5-10(14)8(2-4-12)6-9(7)13/h5-6,11-14H,1-4H2. The molecule has 0 aliphatic heterocycles. The Balaban J connectivity index is 2.97. The molecule has 0 fully saturated rings. The number of phenolic OH excluding ortho intramolecular Hbond substituents is 2. The maximum atomic E-state index is 9.47. The van der Waals surface area contributed by atoms with Crippen LogP contribution in [-0.4, -0.2) is 33.6 Å². The van der Waals surface area contributed by atoms with Crippen molar-refractivity contribution in [2.45, 2.75) is 12.8 Å². The van der Waals surface area contributed by atoms with Gasteiger partial charge in [0.25, 0.3) is 0 Å². The van der Waals surface area contributed by atoms with Crippen molar-refractivity contribution in [1.82, 2.24) is 0 Å². The lowest BCUT2D eigenvalue weighted by atomic mass is 10.0. The zero-order valence-electron chi connectivity index (χ0n) is 7.77. The number of aliphatic hydroxyl groups is 2. The van der Waals surface area contributed by atoms with Gasteiger partial charge in [0, 0.05) is 13.2 Å². The molecule has 0 spiro atoms. The lowest BCUT2D eigenvalue weighted by molar-refractivity contribution is 0.294. The minimum atomic E-state index is -0.0770. The molecule has 0 saturated carbocycles. The van der Waals surface area contributed by atoms with Gasteiger partial charge in [-0.25, -0.2) is 0 Å². The normalized spacial score (nSPS) is 10.4. The molecule has 0 unspecified atom stereocenters. The van der Waals surface area contributed by atoms with Crippen molar-refractivity contribution < 1.29 is 20.4 Å². The first-order valence-electron chi connectivity index (χ1n) is 4.44. The van der Waals surface area contributed by atoms with Crippen molar-refractivity contribution in [2.75, 3.05) is 13.2 Å². The first kappa shape index (κ1) is 10.8. The highest BCUT2D eigenvalue weighted by Gasteiger charge is 2.07. The zero-order valence-corrected chi connectivity index (χ0v) is 7.77. The van der Waals surface area contributed by atoms with E-state index in [1.165, 1.54) is 12.1 Å². The second-order valence-electron chi connectivity index (χ2n) is 3.06. The van der Waals surface area contributed by atoms with E-state index in [0.29, 0.717) is 24.0 Å². The number of aromatic hydroxyl groups is 2. The molecule has 0 heterocycles. The fourth-order valence-corrected chi connectivity index (χ4v) is 1.30. The van der Waals surface area contributed by atoms with Crippen LogP contribution in [0.4, 0.5) is 0 Å². The second kappa shape index (κ2) is 4.83. The van der Waals surface area contributed by atoms with Crippen LogP contribution in [0.2, 0.25) is 0 Å². The van der Waals surface area contributed by atoms with Crippen molar-refractivity contribution in [3.63, 3.8) is 0 Å². The van der Waals surface area contributed by atoms with Gasteiger partial charge in [-0.15, -0.1) is 0 Å². The number of phenols is 2. The van der Waals surface area contributed by atoms with Gasteiger partial charge in [-0.05, 0) is 36.1 Å². The highest BCUT2D eigenvalue weighted by Crippen LogP contribution is 2.27. The molecular weight excluding hydrogens is 184 g/mol. The largest absolute Gasteiger partial charge is 0.508 e. The van der Waals surface area contributed by atoms with E-state index in [0.717, 1.165) is 0 Å². The molecule has 4 heteroatoms. The molecular formula is C10H14O4. The van der Waals surface area contributed by atoms with Gasteiger partial charge < -0.3 is 20.4 Å². The van der Waals surface area contributed by atoms with Crippen LogP contribution >= 0.6 is 0 Å². The van der Waals surface area contributed by atoms with Crippen LogP contribution < -0.4 is 0 Å². The molecule has 0 radical (unpaired) electrons. The van der Waals surface area contributed by atoms with Crippen molar-refractivity contribution >= 4 is 0 Å². The molecule has 4 N–H and O–H groups in total. The Morgan fingerprint density at radius 2 is 1.14 bits per heavy atom. The Hall–Kier alpha value is -1.26. The molecule has 0 aromatic heterocycles. The third kappa shape index (κ3) is 2.37. The monoisotopic (exact) mass is 198 g/mol. The van der Waals surface area contributed by atoms with Crippen molar-refractivity contribution in [1.29, 1.82) is 0 Å². The maximum Gasteiger partial charge on any atom is 0.119 e. The molecule has 0 aliphatic rings. The number of hydrogen-bond acceptors (Lipinski definition) is 4. The summed E-state index contributed by atoms with van der Waals surface area (Å²) in [6.45, 7) is -0.154. The fourth-order valence-electron chi connectivity index (χ4n) is 1.30. The van der Waals surface area contributed by atoms with Crippen LogP contribution in [0.25, 0.3) is 0 Å². The summed E-state index contributed by atoms with van der Waals surface area (Å²) in [6.07, 6.45) is 0.609. The topological polar surface area (TPSA) is 80.9 Å². The van der Waals surface area contributed by atoms with Crippen molar-refractivity contribution in [3.05, 3.63) is 23.3 Å². The first-order valence-corrected chi connectivity index (χ1v) is 4.44. The molecule has 78 valence electrons. The van der Waals surface area contributed by atoms with Gasteiger partial charge in [-0.2, -0.15) is 0 Å². The van der Waals surface area contributed by atoms with Crippen LogP contribution in [0.5, 0.6) is 11.5 Å². The first-order chi connectivity index (χ1) is 6.69. The van der Waals surface area contributed by atoms with E-state index < -0.39 is 0 Å². The molecule has 1 rings (SSSR count). The Kier molecular flexibility index (Phi) is 3.73. The summed E-state index contributed by atoms with van der Waals surface area (Å²) < 4.78 is 0. The highest BCUT2D eigenvalue weighted by molar-refractivity contribution is 5.45. The Bertz CT molecular complexity index is 277. The minimum Gasteiger partial charge on any atom is -0.508 e. The smallest absolute Gasteiger partial charge is 0.119 e. The quantitative estimate of drug-likeness (QED) is 0.520. The molecule has 4 nitrogen and oxygen atoms in total. The summed E-state index contributed by atoms with van der Waals surface area (Å²) in [4.78, 5) is 0. The van der Waals surface area contributed by atoms with Crippen molar-refractivity contribution in [3.8, 4) is 11.5 Å². The summed E-state index contributed by atoms with van der Waals surface area (Å²) in [5.74, 6) is 0.0839. The zero-order chi connectivity index (χ0) is 10.6. The summed E-state index contributed by atoms with van der Waals surface area (Å²) >= 11 is 0. The number of rotatable bonds is 4. The molecule has 0 aliphatic carbocycles. The molecule has 0 amide bonds. The Morgan fingerprint density at radius 1 is 0.786 bits per heavy atom. The summed E-state index contributed by atoms with van der Waals surface area (Å²) in [6, 6.07) is 2.83. The molecule has 0 bridgehead atoms. The average molecular weight is 198 g/mol. The van der Waals surface area contributed by atoms with Crippen LogP contribution in [0.15, 0.2) is 12.1 Å². The molecule has 0 atom stereocenters. The third-order valence-electron chi connectivity index (χ3n) is 2.04. The van der Waals surface area contributed by atoms with Gasteiger partial charge in [0.05, 0.1) is 0 Å². The van der Waals surface area contributed by atoms with E-state index in [9.17, 15) is 10.2 Å². The van der Waals surface area contributed by atoms with E-state index in [1.54, 1.807) is 0 Å². The average Bonchev–Trinajstić information content (AvgIpc) is 2.14. The highest BCUT2D eigenvalue weighted by atomic mass is 16.3. The van der Waals surface area contributed by atoms with Gasteiger partial charge in [0.1, 0.15) is 11.5 Å².